The van der Waals surface area contributed by atoms with Crippen LogP contribution in [0.25, 0.3) is 27.0 Å². The highest BCUT2D eigenvalue weighted by atomic mass is 32.1. The van der Waals surface area contributed by atoms with Crippen molar-refractivity contribution >= 4 is 28.2 Å². The minimum absolute atomic E-state index is 0.0339. The van der Waals surface area contributed by atoms with Crippen LogP contribution in [0.3, 0.4) is 0 Å². The lowest BCUT2D eigenvalue weighted by Crippen LogP contribution is -2.21. The van der Waals surface area contributed by atoms with Gasteiger partial charge in [0.1, 0.15) is 17.3 Å². The smallest absolute Gasteiger partial charge is 0.349 e. The maximum absolute atomic E-state index is 14.6. The topological polar surface area (TPSA) is 105 Å². The second-order valence-electron chi connectivity index (χ2n) is 8.73. The quantitative estimate of drug-likeness (QED) is 0.303. The second-order valence-corrected chi connectivity index (χ2v) is 9.78. The first kappa shape index (κ1) is 25.0. The summed E-state index contributed by atoms with van der Waals surface area (Å²) < 4.78 is 40.9. The third-order valence-electron chi connectivity index (χ3n) is 5.93. The molecule has 0 amide bonds. The molecule has 0 saturated carbocycles. The first-order valence-corrected chi connectivity index (χ1v) is 11.6. The molecule has 0 aliphatic rings. The van der Waals surface area contributed by atoms with Gasteiger partial charge >= 0.3 is 5.97 Å². The first-order chi connectivity index (χ1) is 17.0. The predicted octanol–water partition coefficient (Wildman–Crippen LogP) is 6.25. The van der Waals surface area contributed by atoms with Crippen molar-refractivity contribution in [1.29, 1.82) is 5.26 Å². The summed E-state index contributed by atoms with van der Waals surface area (Å²) in [6.45, 7) is 3.61. The van der Waals surface area contributed by atoms with Gasteiger partial charge in [-0.2, -0.15) is 5.26 Å². The van der Waals surface area contributed by atoms with E-state index in [-0.39, 0.29) is 39.4 Å². The Labute approximate surface area is 209 Å². The number of methoxy groups -OCH3 is 2. The van der Waals surface area contributed by atoms with E-state index in [0.29, 0.717) is 21.8 Å². The fourth-order valence-electron chi connectivity index (χ4n) is 4.38. The van der Waals surface area contributed by atoms with Crippen molar-refractivity contribution < 1.29 is 33.3 Å². The highest BCUT2D eigenvalue weighted by molar-refractivity contribution is 7.17. The summed E-state index contributed by atoms with van der Waals surface area (Å²) in [6.07, 6.45) is 0.0339. The number of nitrogens with zero attached hydrogens (tertiary/aromatic N) is 2. The fourth-order valence-corrected chi connectivity index (χ4v) is 5.39. The highest BCUT2D eigenvalue weighted by Crippen LogP contribution is 2.50. The molecule has 0 aliphatic carbocycles. The van der Waals surface area contributed by atoms with Crippen LogP contribution in [-0.4, -0.2) is 35.0 Å². The largest absolute Gasteiger partial charge is 0.507 e. The summed E-state index contributed by atoms with van der Waals surface area (Å²) in [7, 11) is 2.67. The molecule has 0 radical (unpaired) electrons. The van der Waals surface area contributed by atoms with Gasteiger partial charge in [-0.3, -0.25) is 0 Å². The molecule has 0 aliphatic heterocycles. The predicted molar refractivity (Wildman–Crippen MR) is 131 cm³/mol. The van der Waals surface area contributed by atoms with Gasteiger partial charge in [-0.05, 0) is 24.3 Å². The minimum Gasteiger partial charge on any atom is -0.507 e. The first-order valence-electron chi connectivity index (χ1n) is 10.7. The average Bonchev–Trinajstić information content (AvgIpc) is 3.39. The number of fused-ring (bicyclic) bond motifs is 1. The average molecular weight is 513 g/mol. The van der Waals surface area contributed by atoms with Crippen molar-refractivity contribution in [2.75, 3.05) is 14.2 Å². The van der Waals surface area contributed by atoms with Gasteiger partial charge in [0, 0.05) is 45.8 Å². The SMILES string of the molecule is COc1cc(-n2c(C(C)(C)CC#N)c(-c3cc(OC)c(C(=O)O)s3)c3c(O)cc(F)cc32)ccc1F. The van der Waals surface area contributed by atoms with E-state index >= 15 is 0 Å². The van der Waals surface area contributed by atoms with Crippen molar-refractivity contribution in [2.45, 2.75) is 25.7 Å². The molecule has 36 heavy (non-hydrogen) atoms. The number of aromatic nitrogens is 1. The number of phenolic OH excluding ortho intramolecular Hbond substituents is 1. The maximum atomic E-state index is 14.6. The number of hydrogen-bond donors (Lipinski definition) is 2. The van der Waals surface area contributed by atoms with Crippen molar-refractivity contribution in [3.05, 3.63) is 58.6 Å². The Morgan fingerprint density at radius 1 is 1.14 bits per heavy atom. The molecule has 10 heteroatoms. The van der Waals surface area contributed by atoms with Crippen molar-refractivity contribution in [3.63, 3.8) is 0 Å². The van der Waals surface area contributed by atoms with E-state index in [0.717, 1.165) is 17.4 Å². The lowest BCUT2D eigenvalue weighted by molar-refractivity contribution is 0.0699. The summed E-state index contributed by atoms with van der Waals surface area (Å²) in [5.74, 6) is -2.80. The van der Waals surface area contributed by atoms with Crippen LogP contribution in [-0.2, 0) is 5.41 Å². The molecule has 0 bridgehead atoms. The molecule has 2 heterocycles. The molecular weight excluding hydrogens is 490 g/mol. The summed E-state index contributed by atoms with van der Waals surface area (Å²) in [6, 6.07) is 10.0. The van der Waals surface area contributed by atoms with Gasteiger partial charge in [-0.15, -0.1) is 11.3 Å². The lowest BCUT2D eigenvalue weighted by atomic mass is 9.83. The van der Waals surface area contributed by atoms with Crippen molar-refractivity contribution in [2.24, 2.45) is 0 Å². The molecule has 4 aromatic rings. The number of carbonyl (C=O) groups is 1. The Morgan fingerprint density at radius 2 is 1.83 bits per heavy atom. The van der Waals surface area contributed by atoms with Gasteiger partial charge in [0.15, 0.2) is 16.4 Å². The fraction of sp³-hybridized carbons (Fsp3) is 0.231. The van der Waals surface area contributed by atoms with Gasteiger partial charge in [-0.1, -0.05) is 13.8 Å². The van der Waals surface area contributed by atoms with E-state index in [1.807, 2.05) is 13.8 Å². The zero-order chi connectivity index (χ0) is 26.4. The van der Waals surface area contributed by atoms with Gasteiger partial charge < -0.3 is 24.3 Å². The normalized spacial score (nSPS) is 11.5. The van der Waals surface area contributed by atoms with E-state index in [4.69, 9.17) is 9.47 Å². The molecular formula is C26H22F2N2O5S. The van der Waals surface area contributed by atoms with Gasteiger partial charge in [0.05, 0.1) is 31.2 Å². The van der Waals surface area contributed by atoms with E-state index < -0.39 is 23.0 Å². The molecule has 0 saturated heterocycles. The van der Waals surface area contributed by atoms with Crippen LogP contribution >= 0.6 is 11.3 Å². The number of halogens is 2. The zero-order valence-corrected chi connectivity index (χ0v) is 20.7. The van der Waals surface area contributed by atoms with E-state index in [9.17, 15) is 29.1 Å². The van der Waals surface area contributed by atoms with Gasteiger partial charge in [0.25, 0.3) is 0 Å². The van der Waals surface area contributed by atoms with Crippen LogP contribution < -0.4 is 9.47 Å². The van der Waals surface area contributed by atoms with Crippen molar-refractivity contribution in [3.8, 4) is 39.4 Å². The van der Waals surface area contributed by atoms with Crippen LogP contribution in [0.4, 0.5) is 8.78 Å². The molecule has 186 valence electrons. The number of carboxylic acid groups (broad SMARTS) is 1. The van der Waals surface area contributed by atoms with Crippen molar-refractivity contribution in [1.82, 2.24) is 4.57 Å². The maximum Gasteiger partial charge on any atom is 0.349 e. The number of benzene rings is 2. The van der Waals surface area contributed by atoms with Gasteiger partial charge in [-0.25, -0.2) is 13.6 Å². The monoisotopic (exact) mass is 512 g/mol. The number of ether oxygens (including phenoxy) is 2. The number of aromatic hydroxyl groups is 1. The molecule has 4 rings (SSSR count). The minimum atomic E-state index is -1.19. The van der Waals surface area contributed by atoms with Gasteiger partial charge in [0.2, 0.25) is 0 Å². The third-order valence-corrected chi connectivity index (χ3v) is 7.05. The standard InChI is InChI=1S/C26H22F2N2O5S/c1-26(2,7-8-29)24-22(20-12-19(35-4)23(36-20)25(32)33)21-16(9-13(27)10-17(21)31)30(24)14-5-6-15(28)18(11-14)34-3/h5-6,9-12,31H,7H2,1-4H3,(H,32,33). The summed E-state index contributed by atoms with van der Waals surface area (Å²) in [5.41, 5.74) is 0.684. The third kappa shape index (κ3) is 4.01. The Bertz CT molecular complexity index is 1550. The number of rotatable bonds is 7. The molecule has 7 nitrogen and oxygen atoms in total. The van der Waals surface area contributed by atoms with Crippen LogP contribution in [0.2, 0.25) is 0 Å². The number of nitriles is 1. The molecule has 0 fully saturated rings. The Balaban J connectivity index is 2.24. The van der Waals surface area contributed by atoms with E-state index in [1.165, 1.54) is 44.6 Å². The number of hydrogen-bond acceptors (Lipinski definition) is 6. The zero-order valence-electron chi connectivity index (χ0n) is 19.8. The summed E-state index contributed by atoms with van der Waals surface area (Å²) in [4.78, 5) is 12.2. The van der Waals surface area contributed by atoms with E-state index in [1.54, 1.807) is 4.57 Å². The Morgan fingerprint density at radius 3 is 2.42 bits per heavy atom. The Hall–Kier alpha value is -4.10. The highest BCUT2D eigenvalue weighted by Gasteiger charge is 2.35. The van der Waals surface area contributed by atoms with Crippen LogP contribution in [0.15, 0.2) is 36.4 Å². The number of carboxylic acids is 1. The summed E-state index contributed by atoms with van der Waals surface area (Å²) >= 11 is 0.930. The molecule has 0 atom stereocenters. The Kier molecular flexibility index (Phi) is 6.37. The van der Waals surface area contributed by atoms with E-state index in [2.05, 4.69) is 6.07 Å². The van der Waals surface area contributed by atoms with Crippen LogP contribution in [0, 0.1) is 23.0 Å². The number of thiophene rings is 1. The number of phenols is 1. The lowest BCUT2D eigenvalue weighted by Gasteiger charge is -2.26. The molecule has 2 aromatic carbocycles. The number of aromatic carboxylic acids is 1. The molecule has 2 aromatic heterocycles. The second kappa shape index (κ2) is 9.17. The van der Waals surface area contributed by atoms with Crippen LogP contribution in [0.5, 0.6) is 17.2 Å². The van der Waals surface area contributed by atoms with Crippen LogP contribution in [0.1, 0.15) is 35.6 Å². The molecule has 0 spiro atoms. The summed E-state index contributed by atoms with van der Waals surface area (Å²) in [5, 5.41) is 30.4. The molecule has 0 unspecified atom stereocenters. The molecule has 2 N–H and O–H groups in total.